The maximum atomic E-state index is 4.67. The third-order valence-corrected chi connectivity index (χ3v) is 3.85. The van der Waals surface area contributed by atoms with Gasteiger partial charge in [0, 0.05) is 40.2 Å². The quantitative estimate of drug-likeness (QED) is 0.915. The number of aryl methyl sites for hydroxylation is 1. The van der Waals surface area contributed by atoms with Gasteiger partial charge in [-0.25, -0.2) is 0 Å². The van der Waals surface area contributed by atoms with Crippen LogP contribution in [0.1, 0.15) is 43.3 Å². The van der Waals surface area contributed by atoms with Crippen molar-refractivity contribution in [1.82, 2.24) is 20.1 Å². The number of hydrogen-bond donors (Lipinski definition) is 1. The molecule has 21 heavy (non-hydrogen) atoms. The molecule has 0 aliphatic heterocycles. The third-order valence-electron chi connectivity index (χ3n) is 3.42. The van der Waals surface area contributed by atoms with Gasteiger partial charge >= 0.3 is 0 Å². The Balaban J connectivity index is 2.19. The first-order valence-corrected chi connectivity index (χ1v) is 7.93. The zero-order valence-corrected chi connectivity index (χ0v) is 15.0. The van der Waals surface area contributed by atoms with Gasteiger partial charge in [-0.05, 0) is 62.2 Å². The Morgan fingerprint density at radius 3 is 2.57 bits per heavy atom. The molecule has 4 nitrogen and oxygen atoms in total. The predicted octanol–water partition coefficient (Wildman–Crippen LogP) is 3.59. The number of hydrogen-bond acceptors (Lipinski definition) is 3. The second-order valence-electron chi connectivity index (χ2n) is 6.42. The molecule has 114 valence electrons. The van der Waals surface area contributed by atoms with E-state index in [1.807, 2.05) is 6.20 Å². The van der Waals surface area contributed by atoms with Gasteiger partial charge in [-0.2, -0.15) is 5.10 Å². The molecule has 0 fully saturated rings. The molecule has 0 aliphatic rings. The molecule has 0 bridgehead atoms. The van der Waals surface area contributed by atoms with Crippen molar-refractivity contribution in [2.24, 2.45) is 0 Å². The van der Waals surface area contributed by atoms with Crippen molar-refractivity contribution in [1.29, 1.82) is 0 Å². The van der Waals surface area contributed by atoms with Gasteiger partial charge in [0.25, 0.3) is 0 Å². The third kappa shape index (κ3) is 4.38. The molecule has 0 aromatic carbocycles. The summed E-state index contributed by atoms with van der Waals surface area (Å²) in [5.74, 6) is 0. The molecule has 5 heteroatoms. The molecule has 0 atom stereocenters. The van der Waals surface area contributed by atoms with Crippen LogP contribution in [0.15, 0.2) is 22.9 Å². The summed E-state index contributed by atoms with van der Waals surface area (Å²) in [5, 5.41) is 8.20. The Morgan fingerprint density at radius 2 is 1.95 bits per heavy atom. The van der Waals surface area contributed by atoms with Gasteiger partial charge in [0.15, 0.2) is 0 Å². The number of nitrogens with zero attached hydrogens (tertiary/aromatic N) is 3. The maximum absolute atomic E-state index is 4.67. The monoisotopic (exact) mass is 350 g/mol. The van der Waals surface area contributed by atoms with Crippen LogP contribution in [-0.2, 0) is 13.1 Å². The van der Waals surface area contributed by atoms with E-state index in [9.17, 15) is 0 Å². The van der Waals surface area contributed by atoms with E-state index in [0.717, 1.165) is 28.8 Å². The Kier molecular flexibility index (Phi) is 4.84. The van der Waals surface area contributed by atoms with Crippen LogP contribution in [0.5, 0.6) is 0 Å². The fraction of sp³-hybridized carbons (Fsp3) is 0.500. The van der Waals surface area contributed by atoms with E-state index in [0.29, 0.717) is 0 Å². The number of rotatable bonds is 4. The zero-order valence-electron chi connectivity index (χ0n) is 13.4. The van der Waals surface area contributed by atoms with E-state index in [1.165, 1.54) is 11.3 Å². The fourth-order valence-electron chi connectivity index (χ4n) is 2.21. The largest absolute Gasteiger partial charge is 0.308 e. The van der Waals surface area contributed by atoms with E-state index in [1.54, 1.807) is 6.20 Å². The molecule has 0 saturated heterocycles. The van der Waals surface area contributed by atoms with Gasteiger partial charge in [0.1, 0.15) is 0 Å². The van der Waals surface area contributed by atoms with Crippen molar-refractivity contribution in [2.45, 2.75) is 53.2 Å². The van der Waals surface area contributed by atoms with Gasteiger partial charge in [-0.1, -0.05) is 0 Å². The lowest BCUT2D eigenvalue weighted by molar-refractivity contribution is 0.423. The first-order valence-electron chi connectivity index (χ1n) is 7.13. The minimum absolute atomic E-state index is 0.106. The topological polar surface area (TPSA) is 42.7 Å². The van der Waals surface area contributed by atoms with Crippen molar-refractivity contribution in [3.05, 3.63) is 45.4 Å². The summed E-state index contributed by atoms with van der Waals surface area (Å²) in [4.78, 5) is 4.21. The van der Waals surface area contributed by atoms with Crippen LogP contribution >= 0.6 is 15.9 Å². The number of pyridine rings is 1. The average molecular weight is 351 g/mol. The summed E-state index contributed by atoms with van der Waals surface area (Å²) in [7, 11) is 0. The Hall–Kier alpha value is -1.20. The highest BCUT2D eigenvalue weighted by molar-refractivity contribution is 9.10. The second kappa shape index (κ2) is 6.28. The highest BCUT2D eigenvalue weighted by Crippen LogP contribution is 2.17. The van der Waals surface area contributed by atoms with Crippen LogP contribution in [0, 0.1) is 13.8 Å². The summed E-state index contributed by atoms with van der Waals surface area (Å²) < 4.78 is 3.05. The first-order chi connectivity index (χ1) is 9.76. The van der Waals surface area contributed by atoms with Crippen LogP contribution in [0.2, 0.25) is 0 Å². The number of halogens is 1. The van der Waals surface area contributed by atoms with Gasteiger partial charge in [0.05, 0.1) is 12.2 Å². The summed E-state index contributed by atoms with van der Waals surface area (Å²) in [6, 6.07) is 2.08. The first kappa shape index (κ1) is 16.2. The maximum Gasteiger partial charge on any atom is 0.0678 e. The van der Waals surface area contributed by atoms with Gasteiger partial charge in [0.2, 0.25) is 0 Å². The van der Waals surface area contributed by atoms with Crippen LogP contribution in [0.3, 0.4) is 0 Å². The fourth-order valence-corrected chi connectivity index (χ4v) is 2.62. The lowest BCUT2D eigenvalue weighted by atomic mass is 10.1. The standard InChI is InChI=1S/C16H23BrN4/c1-11-15(9-19-16(3,4)5)12(2)21(20-11)10-13-6-14(17)8-18-7-13/h6-8,19H,9-10H2,1-5H3. The molecule has 0 unspecified atom stereocenters. The smallest absolute Gasteiger partial charge is 0.0678 e. The lowest BCUT2D eigenvalue weighted by Crippen LogP contribution is -2.35. The molecule has 0 spiro atoms. The minimum atomic E-state index is 0.106. The SMILES string of the molecule is Cc1nn(Cc2cncc(Br)c2)c(C)c1CNC(C)(C)C. The molecule has 1 N–H and O–H groups in total. The van der Waals surface area contributed by atoms with Crippen molar-refractivity contribution in [3.8, 4) is 0 Å². The van der Waals surface area contributed by atoms with E-state index < -0.39 is 0 Å². The van der Waals surface area contributed by atoms with Crippen LogP contribution in [0.4, 0.5) is 0 Å². The van der Waals surface area contributed by atoms with Crippen molar-refractivity contribution < 1.29 is 0 Å². The highest BCUT2D eigenvalue weighted by atomic mass is 79.9. The number of nitrogens with one attached hydrogen (secondary N) is 1. The Morgan fingerprint density at radius 1 is 1.24 bits per heavy atom. The van der Waals surface area contributed by atoms with Crippen LogP contribution < -0.4 is 5.32 Å². The average Bonchev–Trinajstić information content (AvgIpc) is 2.61. The molecule has 2 rings (SSSR count). The molecule has 2 aromatic heterocycles. The molecule has 0 radical (unpaired) electrons. The van der Waals surface area contributed by atoms with Gasteiger partial charge in [-0.3, -0.25) is 9.67 Å². The molecule has 0 saturated carbocycles. The summed E-state index contributed by atoms with van der Waals surface area (Å²) in [6.07, 6.45) is 3.68. The Labute approximate surface area is 135 Å². The predicted molar refractivity (Wildman–Crippen MR) is 89.3 cm³/mol. The van der Waals surface area contributed by atoms with Crippen molar-refractivity contribution in [3.63, 3.8) is 0 Å². The van der Waals surface area contributed by atoms with E-state index >= 15 is 0 Å². The minimum Gasteiger partial charge on any atom is -0.308 e. The van der Waals surface area contributed by atoms with E-state index in [4.69, 9.17) is 0 Å². The van der Waals surface area contributed by atoms with Crippen LogP contribution in [-0.4, -0.2) is 20.3 Å². The van der Waals surface area contributed by atoms with Crippen molar-refractivity contribution in [2.75, 3.05) is 0 Å². The normalized spacial score (nSPS) is 11.9. The van der Waals surface area contributed by atoms with Gasteiger partial charge < -0.3 is 5.32 Å². The van der Waals surface area contributed by atoms with E-state index in [2.05, 4.69) is 76.7 Å². The van der Waals surface area contributed by atoms with Gasteiger partial charge in [-0.15, -0.1) is 0 Å². The van der Waals surface area contributed by atoms with Crippen LogP contribution in [0.25, 0.3) is 0 Å². The lowest BCUT2D eigenvalue weighted by Gasteiger charge is -2.20. The summed E-state index contributed by atoms with van der Waals surface area (Å²) in [6.45, 7) is 12.3. The second-order valence-corrected chi connectivity index (χ2v) is 7.34. The summed E-state index contributed by atoms with van der Waals surface area (Å²) >= 11 is 3.46. The molecular weight excluding hydrogens is 328 g/mol. The zero-order chi connectivity index (χ0) is 15.6. The Bertz CT molecular complexity index is 626. The molecule has 2 heterocycles. The summed E-state index contributed by atoms with van der Waals surface area (Å²) in [5.41, 5.74) is 4.84. The molecule has 0 aliphatic carbocycles. The molecular formula is C16H23BrN4. The molecule has 2 aromatic rings. The number of aromatic nitrogens is 3. The van der Waals surface area contributed by atoms with E-state index in [-0.39, 0.29) is 5.54 Å². The van der Waals surface area contributed by atoms with Crippen molar-refractivity contribution >= 4 is 15.9 Å². The highest BCUT2D eigenvalue weighted by Gasteiger charge is 2.15. The molecule has 0 amide bonds.